The highest BCUT2D eigenvalue weighted by Gasteiger charge is 2.75. The van der Waals surface area contributed by atoms with Crippen molar-refractivity contribution >= 4 is 40.7 Å². The van der Waals surface area contributed by atoms with Gasteiger partial charge in [-0.1, -0.05) is 60.7 Å². The first-order valence-electron chi connectivity index (χ1n) is 16.0. The lowest BCUT2D eigenvalue weighted by molar-refractivity contribution is -0.132. The summed E-state index contributed by atoms with van der Waals surface area (Å²) in [4.78, 5) is 31.7. The van der Waals surface area contributed by atoms with Gasteiger partial charge in [0.15, 0.2) is 0 Å². The third-order valence-corrected chi connectivity index (χ3v) is 12.7. The van der Waals surface area contributed by atoms with Crippen LogP contribution in [-0.4, -0.2) is 54.2 Å². The molecule has 236 valence electrons. The number of nitrogens with two attached hydrogens (primary N) is 1. The largest absolute Gasteiger partial charge is 0.366 e. The minimum atomic E-state index is -1.22. The van der Waals surface area contributed by atoms with Gasteiger partial charge in [-0.25, -0.2) is 4.39 Å². The van der Waals surface area contributed by atoms with Crippen molar-refractivity contribution in [3.8, 4) is 0 Å². The second-order valence-electron chi connectivity index (χ2n) is 14.0. The van der Waals surface area contributed by atoms with Crippen molar-refractivity contribution in [1.82, 2.24) is 10.2 Å². The second-order valence-corrected chi connectivity index (χ2v) is 14.8. The molecule has 2 spiro atoms. The third-order valence-electron chi connectivity index (χ3n) is 12.2. The predicted molar refractivity (Wildman–Crippen MR) is 169 cm³/mol. The van der Waals surface area contributed by atoms with Crippen LogP contribution >= 0.6 is 23.2 Å². The molecule has 0 radical (unpaired) electrons. The lowest BCUT2D eigenvalue weighted by atomic mass is 9.55. The summed E-state index contributed by atoms with van der Waals surface area (Å²) in [6.45, 7) is 0.865. The van der Waals surface area contributed by atoms with Crippen molar-refractivity contribution in [1.29, 1.82) is 0 Å². The van der Waals surface area contributed by atoms with Crippen LogP contribution < -0.4 is 16.4 Å². The number of hydrogen-bond donors (Lipinski definition) is 3. The van der Waals surface area contributed by atoms with Gasteiger partial charge in [-0.05, 0) is 93.2 Å². The number of anilines is 1. The fourth-order valence-electron chi connectivity index (χ4n) is 10.0. The molecule has 2 amide bonds. The van der Waals surface area contributed by atoms with Gasteiger partial charge in [-0.15, -0.1) is 0 Å². The molecular weight excluding hydrogens is 602 g/mol. The van der Waals surface area contributed by atoms with Crippen molar-refractivity contribution in [2.75, 3.05) is 25.7 Å². The molecule has 2 aliphatic heterocycles. The minimum Gasteiger partial charge on any atom is -0.366 e. The molecule has 8 rings (SSSR count). The summed E-state index contributed by atoms with van der Waals surface area (Å²) in [5.41, 5.74) is 5.19. The van der Waals surface area contributed by atoms with Crippen molar-refractivity contribution < 1.29 is 18.7 Å². The quantitative estimate of drug-likeness (QED) is 0.323. The zero-order chi connectivity index (χ0) is 30.9. The molecule has 2 aromatic carbocycles. The number of carbonyl (C=O) groups excluding carboxylic acids is 2. The summed E-state index contributed by atoms with van der Waals surface area (Å²) in [5, 5.41) is 7.13. The molecule has 4 aliphatic carbocycles. The summed E-state index contributed by atoms with van der Waals surface area (Å²) in [5.74, 6) is -1.75. The molecule has 10 heteroatoms. The number of hydrogen-bond acceptors (Lipinski definition) is 5. The first-order chi connectivity index (χ1) is 21.1. The van der Waals surface area contributed by atoms with Crippen LogP contribution in [-0.2, 0) is 19.7 Å². The van der Waals surface area contributed by atoms with Crippen molar-refractivity contribution in [3.05, 3.63) is 63.4 Å². The van der Waals surface area contributed by atoms with E-state index in [1.807, 2.05) is 13.1 Å². The Morgan fingerprint density at radius 1 is 1.07 bits per heavy atom. The SMILES string of the molecule is CN1[C@@H](C(=O)NC23CCC(COCN)(CC2)CC3)[C@H](c2cccc(Cl)c2F)[C@]2(C(=O)Nc3cc(Cl)ccc32)C12CCCCC2. The molecule has 6 aliphatic rings. The van der Waals surface area contributed by atoms with Crippen LogP contribution in [0.4, 0.5) is 10.1 Å². The Balaban J connectivity index is 1.36. The number of benzene rings is 2. The van der Waals surface area contributed by atoms with Gasteiger partial charge >= 0.3 is 0 Å². The van der Waals surface area contributed by atoms with Crippen LogP contribution in [0.15, 0.2) is 36.4 Å². The highest BCUT2D eigenvalue weighted by Crippen LogP contribution is 2.66. The van der Waals surface area contributed by atoms with Gasteiger partial charge in [0.05, 0.1) is 24.4 Å². The number of likely N-dealkylation sites (tertiary alicyclic amines) is 1. The van der Waals surface area contributed by atoms with Crippen LogP contribution in [0.2, 0.25) is 10.0 Å². The van der Waals surface area contributed by atoms with E-state index in [4.69, 9.17) is 33.7 Å². The molecule has 2 bridgehead atoms. The smallest absolute Gasteiger partial charge is 0.238 e. The van der Waals surface area contributed by atoms with Crippen molar-refractivity contribution in [2.24, 2.45) is 11.1 Å². The summed E-state index contributed by atoms with van der Waals surface area (Å²) in [6, 6.07) is 9.61. The van der Waals surface area contributed by atoms with Gasteiger partial charge in [0.1, 0.15) is 11.2 Å². The molecule has 1 saturated heterocycles. The van der Waals surface area contributed by atoms with Gasteiger partial charge in [0.25, 0.3) is 0 Å². The molecular formula is C34H41Cl2FN4O3. The Kier molecular flexibility index (Phi) is 7.57. The monoisotopic (exact) mass is 642 g/mol. The Bertz CT molecular complexity index is 1470. The summed E-state index contributed by atoms with van der Waals surface area (Å²) in [6.07, 6.45) is 9.78. The fourth-order valence-corrected chi connectivity index (χ4v) is 10.4. The molecule has 0 unspecified atom stereocenters. The average molecular weight is 644 g/mol. The maximum absolute atomic E-state index is 16.3. The van der Waals surface area contributed by atoms with E-state index in [2.05, 4.69) is 15.5 Å². The van der Waals surface area contributed by atoms with Gasteiger partial charge in [0.2, 0.25) is 11.8 Å². The van der Waals surface area contributed by atoms with Crippen LogP contribution in [0.5, 0.6) is 0 Å². The van der Waals surface area contributed by atoms with Gasteiger partial charge in [-0.3, -0.25) is 14.5 Å². The minimum absolute atomic E-state index is 0.0204. The standard InChI is InChI=1S/C34H41Cl2FN4O3/c1-41-28(29(42)40-32-15-12-31(13-16-32,14-17-32)19-44-20-38)26(22-6-5-7-24(36)27(22)37)34(33(41)10-3-2-4-11-33)23-9-8-21(35)18-25(23)39-30(34)43/h5-9,18,26,28H,2-4,10-17,19-20,38H2,1H3,(H,39,43)(H,40,42)/t26-,28+,31?,32?,34+/m0/s1. The number of rotatable bonds is 6. The van der Waals surface area contributed by atoms with Gasteiger partial charge in [0, 0.05) is 27.7 Å². The number of halogens is 3. The fraction of sp³-hybridized carbons (Fsp3) is 0.588. The lowest BCUT2D eigenvalue weighted by Crippen LogP contribution is -2.62. The number of fused-ring (bicyclic) bond motifs is 6. The van der Waals surface area contributed by atoms with Crippen LogP contribution in [0.1, 0.15) is 87.7 Å². The van der Waals surface area contributed by atoms with E-state index in [1.165, 1.54) is 6.07 Å². The number of ether oxygens (including phenoxy) is 1. The summed E-state index contributed by atoms with van der Waals surface area (Å²) >= 11 is 12.8. The number of nitrogens with zero attached hydrogens (tertiary/aromatic N) is 1. The van der Waals surface area contributed by atoms with Crippen molar-refractivity contribution in [3.63, 3.8) is 0 Å². The highest BCUT2D eigenvalue weighted by molar-refractivity contribution is 6.31. The Morgan fingerprint density at radius 2 is 1.77 bits per heavy atom. The second kappa shape index (κ2) is 10.9. The normalized spacial score (nSPS) is 34.0. The number of likely N-dealkylation sites (N-methyl/N-ethyl adjacent to an activating group) is 1. The maximum atomic E-state index is 16.3. The summed E-state index contributed by atoms with van der Waals surface area (Å²) in [7, 11) is 1.97. The topological polar surface area (TPSA) is 96.7 Å². The Labute approximate surface area is 268 Å². The average Bonchev–Trinajstić information content (AvgIpc) is 3.43. The van der Waals surface area contributed by atoms with E-state index in [-0.39, 0.29) is 34.5 Å². The third kappa shape index (κ3) is 4.24. The Morgan fingerprint density at radius 3 is 2.45 bits per heavy atom. The van der Waals surface area contributed by atoms with Crippen molar-refractivity contribution in [2.45, 2.75) is 99.1 Å². The Hall–Kier alpha value is -2.23. The van der Waals surface area contributed by atoms with E-state index in [0.29, 0.717) is 22.9 Å². The lowest BCUT2D eigenvalue weighted by Gasteiger charge is -2.54. The van der Waals surface area contributed by atoms with Crippen LogP contribution in [0.3, 0.4) is 0 Å². The molecule has 44 heavy (non-hydrogen) atoms. The molecule has 0 aromatic heterocycles. The first kappa shape index (κ1) is 30.4. The molecule has 7 nitrogen and oxygen atoms in total. The predicted octanol–water partition coefficient (Wildman–Crippen LogP) is 6.27. The molecule has 2 heterocycles. The number of carbonyl (C=O) groups is 2. The first-order valence-corrected chi connectivity index (χ1v) is 16.8. The van der Waals surface area contributed by atoms with E-state index in [0.717, 1.165) is 76.2 Å². The van der Waals surface area contributed by atoms with Gasteiger partial charge < -0.3 is 21.1 Å². The number of nitrogens with one attached hydrogen (secondary N) is 2. The molecule has 4 saturated carbocycles. The van der Waals surface area contributed by atoms with Gasteiger partial charge in [-0.2, -0.15) is 0 Å². The molecule has 2 aromatic rings. The molecule has 3 atom stereocenters. The zero-order valence-corrected chi connectivity index (χ0v) is 26.7. The zero-order valence-electron chi connectivity index (χ0n) is 25.2. The highest BCUT2D eigenvalue weighted by atomic mass is 35.5. The van der Waals surface area contributed by atoms with Crippen LogP contribution in [0.25, 0.3) is 0 Å². The van der Waals surface area contributed by atoms with E-state index in [1.54, 1.807) is 24.3 Å². The molecule has 5 fully saturated rings. The maximum Gasteiger partial charge on any atom is 0.238 e. The van der Waals surface area contributed by atoms with Crippen LogP contribution in [0, 0.1) is 11.2 Å². The van der Waals surface area contributed by atoms with E-state index < -0.39 is 28.7 Å². The molecule has 4 N–H and O–H groups in total. The number of amides is 2. The van der Waals surface area contributed by atoms with E-state index >= 15 is 4.39 Å². The summed E-state index contributed by atoms with van der Waals surface area (Å²) < 4.78 is 21.9. The van der Waals surface area contributed by atoms with E-state index in [9.17, 15) is 9.59 Å².